The Labute approximate surface area is 114 Å². The van der Waals surface area contributed by atoms with Gasteiger partial charge in [-0.25, -0.2) is 0 Å². The first-order valence-electron chi connectivity index (χ1n) is 6.85. The molecule has 1 aromatic carbocycles. The summed E-state index contributed by atoms with van der Waals surface area (Å²) in [4.78, 5) is 0. The zero-order valence-electron chi connectivity index (χ0n) is 11.1. The molecular weight excluding hydrogens is 244 g/mol. The molecule has 0 spiro atoms. The highest BCUT2D eigenvalue weighted by atomic mass is 16.5. The molecule has 3 atom stereocenters. The molecule has 0 saturated carbocycles. The summed E-state index contributed by atoms with van der Waals surface area (Å²) in [6.07, 6.45) is 1.35. The van der Waals surface area contributed by atoms with Crippen molar-refractivity contribution in [1.29, 1.82) is 0 Å². The van der Waals surface area contributed by atoms with Crippen LogP contribution in [0.15, 0.2) is 30.3 Å². The van der Waals surface area contributed by atoms with E-state index in [1.165, 1.54) is 5.56 Å². The van der Waals surface area contributed by atoms with E-state index in [1.807, 2.05) is 30.3 Å². The first-order valence-corrected chi connectivity index (χ1v) is 6.85. The standard InChI is InChI=1S/C15H22O4/c16-10-13-9-14(17)15(19-13)7-4-8-18-11-12-5-2-1-3-6-12/h1-3,5-6,13-17H,4,7-11H2/t13?,14-,15-/m0/s1. The number of benzene rings is 1. The largest absolute Gasteiger partial charge is 0.394 e. The maximum absolute atomic E-state index is 9.75. The van der Waals surface area contributed by atoms with Gasteiger partial charge in [0.25, 0.3) is 0 Å². The van der Waals surface area contributed by atoms with Crippen LogP contribution in [0.4, 0.5) is 0 Å². The summed E-state index contributed by atoms with van der Waals surface area (Å²) in [5, 5.41) is 18.7. The van der Waals surface area contributed by atoms with Crippen LogP contribution in [0.2, 0.25) is 0 Å². The van der Waals surface area contributed by atoms with Crippen LogP contribution in [0.1, 0.15) is 24.8 Å². The Morgan fingerprint density at radius 2 is 2.05 bits per heavy atom. The summed E-state index contributed by atoms with van der Waals surface area (Å²) in [5.41, 5.74) is 1.17. The van der Waals surface area contributed by atoms with Crippen LogP contribution in [-0.2, 0) is 16.1 Å². The van der Waals surface area contributed by atoms with Gasteiger partial charge in [-0.05, 0) is 18.4 Å². The zero-order valence-corrected chi connectivity index (χ0v) is 11.1. The third kappa shape index (κ3) is 4.58. The Balaban J connectivity index is 1.57. The Kier molecular flexibility index (Phi) is 5.79. The summed E-state index contributed by atoms with van der Waals surface area (Å²) < 4.78 is 11.1. The fraction of sp³-hybridized carbons (Fsp3) is 0.600. The number of ether oxygens (including phenoxy) is 2. The van der Waals surface area contributed by atoms with Gasteiger partial charge in [-0.2, -0.15) is 0 Å². The minimum atomic E-state index is -0.453. The molecule has 0 bridgehead atoms. The average molecular weight is 266 g/mol. The first kappa shape index (κ1) is 14.5. The van der Waals surface area contributed by atoms with E-state index in [0.717, 1.165) is 12.8 Å². The topological polar surface area (TPSA) is 58.9 Å². The van der Waals surface area contributed by atoms with Crippen molar-refractivity contribution in [2.45, 2.75) is 44.2 Å². The predicted molar refractivity (Wildman–Crippen MR) is 71.7 cm³/mol. The lowest BCUT2D eigenvalue weighted by atomic mass is 10.1. The Morgan fingerprint density at radius 1 is 1.26 bits per heavy atom. The van der Waals surface area contributed by atoms with E-state index in [1.54, 1.807) is 0 Å². The van der Waals surface area contributed by atoms with Gasteiger partial charge in [-0.3, -0.25) is 0 Å². The van der Waals surface area contributed by atoms with Crippen LogP contribution in [0, 0.1) is 0 Å². The molecular formula is C15H22O4. The maximum Gasteiger partial charge on any atom is 0.0840 e. The van der Waals surface area contributed by atoms with Gasteiger partial charge in [0, 0.05) is 13.0 Å². The predicted octanol–water partition coefficient (Wildman–Crippen LogP) is 1.49. The van der Waals surface area contributed by atoms with Crippen molar-refractivity contribution >= 4 is 0 Å². The fourth-order valence-corrected chi connectivity index (χ4v) is 2.34. The van der Waals surface area contributed by atoms with Crippen LogP contribution in [0.25, 0.3) is 0 Å². The van der Waals surface area contributed by atoms with Gasteiger partial charge in [0.05, 0.1) is 31.5 Å². The third-order valence-electron chi connectivity index (χ3n) is 3.39. The van der Waals surface area contributed by atoms with Gasteiger partial charge in [-0.15, -0.1) is 0 Å². The van der Waals surface area contributed by atoms with Gasteiger partial charge < -0.3 is 19.7 Å². The van der Waals surface area contributed by atoms with Crippen LogP contribution in [0.3, 0.4) is 0 Å². The summed E-state index contributed by atoms with van der Waals surface area (Å²) in [6, 6.07) is 10.1. The molecule has 0 radical (unpaired) electrons. The molecule has 2 rings (SSSR count). The van der Waals surface area contributed by atoms with Crippen molar-refractivity contribution in [3.8, 4) is 0 Å². The number of aliphatic hydroxyl groups excluding tert-OH is 2. The highest BCUT2D eigenvalue weighted by Gasteiger charge is 2.32. The normalized spacial score (nSPS) is 26.7. The first-order chi connectivity index (χ1) is 9.29. The minimum Gasteiger partial charge on any atom is -0.394 e. The second-order valence-electron chi connectivity index (χ2n) is 4.96. The Bertz CT molecular complexity index is 354. The van der Waals surface area contributed by atoms with Crippen molar-refractivity contribution in [3.63, 3.8) is 0 Å². The quantitative estimate of drug-likeness (QED) is 0.734. The highest BCUT2D eigenvalue weighted by molar-refractivity contribution is 5.13. The molecule has 0 amide bonds. The molecule has 0 aliphatic carbocycles. The number of aliphatic hydroxyl groups is 2. The molecule has 1 aliphatic heterocycles. The molecule has 1 heterocycles. The van der Waals surface area contributed by atoms with E-state index >= 15 is 0 Å². The molecule has 1 saturated heterocycles. The van der Waals surface area contributed by atoms with E-state index in [4.69, 9.17) is 14.6 Å². The lowest BCUT2D eigenvalue weighted by Gasteiger charge is -2.14. The molecule has 106 valence electrons. The van der Waals surface area contributed by atoms with Crippen LogP contribution in [-0.4, -0.2) is 41.7 Å². The van der Waals surface area contributed by atoms with E-state index in [0.29, 0.717) is 19.6 Å². The molecule has 19 heavy (non-hydrogen) atoms. The summed E-state index contributed by atoms with van der Waals surface area (Å²) >= 11 is 0. The van der Waals surface area contributed by atoms with Crippen molar-refractivity contribution in [2.75, 3.05) is 13.2 Å². The number of hydrogen-bond donors (Lipinski definition) is 2. The Hall–Kier alpha value is -0.940. The van der Waals surface area contributed by atoms with Crippen LogP contribution < -0.4 is 0 Å². The summed E-state index contributed by atoms with van der Waals surface area (Å²) in [7, 11) is 0. The van der Waals surface area contributed by atoms with Gasteiger partial charge in [0.15, 0.2) is 0 Å². The maximum atomic E-state index is 9.75. The number of hydrogen-bond acceptors (Lipinski definition) is 4. The second-order valence-corrected chi connectivity index (χ2v) is 4.96. The zero-order chi connectivity index (χ0) is 13.5. The van der Waals surface area contributed by atoms with Crippen molar-refractivity contribution in [3.05, 3.63) is 35.9 Å². The third-order valence-corrected chi connectivity index (χ3v) is 3.39. The summed E-state index contributed by atoms with van der Waals surface area (Å²) in [5.74, 6) is 0. The average Bonchev–Trinajstić information content (AvgIpc) is 2.80. The molecule has 0 aromatic heterocycles. The minimum absolute atomic E-state index is 0.0158. The van der Waals surface area contributed by atoms with E-state index in [9.17, 15) is 5.11 Å². The molecule has 1 aliphatic rings. The molecule has 4 nitrogen and oxygen atoms in total. The van der Waals surface area contributed by atoms with Crippen LogP contribution in [0.5, 0.6) is 0 Å². The SMILES string of the molecule is OCC1C[C@H](O)[C@H](CCCOCc2ccccc2)O1. The molecule has 1 unspecified atom stereocenters. The summed E-state index contributed by atoms with van der Waals surface area (Å²) in [6.45, 7) is 1.26. The lowest BCUT2D eigenvalue weighted by Crippen LogP contribution is -2.21. The smallest absolute Gasteiger partial charge is 0.0840 e. The van der Waals surface area contributed by atoms with Crippen molar-refractivity contribution in [1.82, 2.24) is 0 Å². The lowest BCUT2D eigenvalue weighted by molar-refractivity contribution is -0.0181. The fourth-order valence-electron chi connectivity index (χ4n) is 2.34. The van der Waals surface area contributed by atoms with Crippen molar-refractivity contribution in [2.24, 2.45) is 0 Å². The van der Waals surface area contributed by atoms with Gasteiger partial charge in [-0.1, -0.05) is 30.3 Å². The molecule has 2 N–H and O–H groups in total. The highest BCUT2D eigenvalue weighted by Crippen LogP contribution is 2.23. The van der Waals surface area contributed by atoms with E-state index in [-0.39, 0.29) is 18.8 Å². The Morgan fingerprint density at radius 3 is 2.74 bits per heavy atom. The molecule has 4 heteroatoms. The van der Waals surface area contributed by atoms with Gasteiger partial charge in [0.2, 0.25) is 0 Å². The molecule has 1 fully saturated rings. The monoisotopic (exact) mass is 266 g/mol. The van der Waals surface area contributed by atoms with Crippen molar-refractivity contribution < 1.29 is 19.7 Å². The van der Waals surface area contributed by atoms with Gasteiger partial charge in [0.1, 0.15) is 0 Å². The van der Waals surface area contributed by atoms with Gasteiger partial charge >= 0.3 is 0 Å². The second kappa shape index (κ2) is 7.60. The van der Waals surface area contributed by atoms with E-state index in [2.05, 4.69) is 0 Å². The van der Waals surface area contributed by atoms with E-state index < -0.39 is 6.10 Å². The van der Waals surface area contributed by atoms with Crippen LogP contribution >= 0.6 is 0 Å². The molecule has 1 aromatic rings. The number of rotatable bonds is 7.